The zero-order valence-electron chi connectivity index (χ0n) is 11.5. The second-order valence-electron chi connectivity index (χ2n) is 4.34. The number of carbonyl (C=O) groups is 2. The van der Waals surface area contributed by atoms with Crippen LogP contribution < -0.4 is 5.32 Å². The Morgan fingerprint density at radius 2 is 1.95 bits per heavy atom. The summed E-state index contributed by atoms with van der Waals surface area (Å²) >= 11 is 1.21. The van der Waals surface area contributed by atoms with Gasteiger partial charge in [0.25, 0.3) is 5.22 Å². The third-order valence-corrected chi connectivity index (χ3v) is 3.58. The number of carboxylic acids is 1. The minimum Gasteiger partial charge on any atom is -0.478 e. The molecule has 0 aliphatic heterocycles. The lowest BCUT2D eigenvalue weighted by Gasteiger charge is -2.04. The Labute approximate surface area is 125 Å². The molecule has 21 heavy (non-hydrogen) atoms. The SMILES string of the molecule is Cc1nc(SCC(=O)Nc2ccc(C(=O)O)cc2)oc1C. The average molecular weight is 306 g/mol. The van der Waals surface area contributed by atoms with Crippen molar-refractivity contribution in [1.29, 1.82) is 0 Å². The molecule has 0 unspecified atom stereocenters. The molecular weight excluding hydrogens is 292 g/mol. The highest BCUT2D eigenvalue weighted by Gasteiger charge is 2.10. The first-order valence-electron chi connectivity index (χ1n) is 6.16. The molecule has 1 heterocycles. The number of nitrogens with one attached hydrogen (secondary N) is 1. The summed E-state index contributed by atoms with van der Waals surface area (Å²) in [5.41, 5.74) is 1.53. The normalized spacial score (nSPS) is 10.4. The van der Waals surface area contributed by atoms with E-state index in [0.717, 1.165) is 11.5 Å². The summed E-state index contributed by atoms with van der Waals surface area (Å²) in [5, 5.41) is 11.9. The van der Waals surface area contributed by atoms with Crippen molar-refractivity contribution < 1.29 is 19.1 Å². The van der Waals surface area contributed by atoms with Gasteiger partial charge in [0.15, 0.2) is 0 Å². The van der Waals surface area contributed by atoms with Gasteiger partial charge in [-0.25, -0.2) is 9.78 Å². The second-order valence-corrected chi connectivity index (χ2v) is 5.27. The van der Waals surface area contributed by atoms with E-state index < -0.39 is 5.97 Å². The summed E-state index contributed by atoms with van der Waals surface area (Å²) in [6.45, 7) is 3.66. The molecule has 0 fully saturated rings. The number of oxazole rings is 1. The highest BCUT2D eigenvalue weighted by molar-refractivity contribution is 7.99. The molecule has 0 saturated carbocycles. The molecule has 0 spiro atoms. The lowest BCUT2D eigenvalue weighted by atomic mass is 10.2. The lowest BCUT2D eigenvalue weighted by Crippen LogP contribution is -2.14. The highest BCUT2D eigenvalue weighted by Crippen LogP contribution is 2.20. The number of carboxylic acid groups (broad SMARTS) is 1. The number of hydrogen-bond donors (Lipinski definition) is 2. The van der Waals surface area contributed by atoms with Crippen LogP contribution in [0.2, 0.25) is 0 Å². The van der Waals surface area contributed by atoms with Crippen molar-refractivity contribution in [3.63, 3.8) is 0 Å². The van der Waals surface area contributed by atoms with Crippen LogP contribution in [0.15, 0.2) is 33.9 Å². The van der Waals surface area contributed by atoms with Crippen LogP contribution in [-0.2, 0) is 4.79 Å². The fourth-order valence-corrected chi connectivity index (χ4v) is 2.24. The number of carbonyl (C=O) groups excluding carboxylic acids is 1. The number of aromatic nitrogens is 1. The predicted molar refractivity (Wildman–Crippen MR) is 78.7 cm³/mol. The Hall–Kier alpha value is -2.28. The monoisotopic (exact) mass is 306 g/mol. The van der Waals surface area contributed by atoms with Crippen molar-refractivity contribution in [3.8, 4) is 0 Å². The molecule has 110 valence electrons. The van der Waals surface area contributed by atoms with Crippen LogP contribution >= 0.6 is 11.8 Å². The maximum Gasteiger partial charge on any atom is 0.335 e. The number of benzene rings is 1. The van der Waals surface area contributed by atoms with E-state index in [-0.39, 0.29) is 17.2 Å². The van der Waals surface area contributed by atoms with Crippen molar-refractivity contribution in [2.24, 2.45) is 0 Å². The minimum atomic E-state index is -1.00. The van der Waals surface area contributed by atoms with Crippen LogP contribution in [-0.4, -0.2) is 27.7 Å². The van der Waals surface area contributed by atoms with E-state index in [1.165, 1.54) is 23.9 Å². The van der Waals surface area contributed by atoms with Gasteiger partial charge in [-0.05, 0) is 38.1 Å². The number of rotatable bonds is 5. The Morgan fingerprint density at radius 3 is 2.48 bits per heavy atom. The van der Waals surface area contributed by atoms with E-state index in [1.54, 1.807) is 12.1 Å². The van der Waals surface area contributed by atoms with Gasteiger partial charge in [0.2, 0.25) is 5.91 Å². The summed E-state index contributed by atoms with van der Waals surface area (Å²) in [4.78, 5) is 26.7. The van der Waals surface area contributed by atoms with Crippen molar-refractivity contribution in [3.05, 3.63) is 41.3 Å². The number of aromatic carboxylic acids is 1. The van der Waals surface area contributed by atoms with Gasteiger partial charge in [0.05, 0.1) is 17.0 Å². The Bertz CT molecular complexity index is 645. The molecule has 7 heteroatoms. The molecule has 6 nitrogen and oxygen atoms in total. The smallest absolute Gasteiger partial charge is 0.335 e. The van der Waals surface area contributed by atoms with Crippen LogP contribution in [0, 0.1) is 13.8 Å². The fourth-order valence-electron chi connectivity index (χ4n) is 1.53. The molecule has 0 radical (unpaired) electrons. The topological polar surface area (TPSA) is 92.4 Å². The molecule has 0 aliphatic carbocycles. The molecule has 0 bridgehead atoms. The largest absolute Gasteiger partial charge is 0.478 e. The van der Waals surface area contributed by atoms with Gasteiger partial charge in [0, 0.05) is 5.69 Å². The molecule has 1 amide bonds. The van der Waals surface area contributed by atoms with Crippen molar-refractivity contribution in [2.45, 2.75) is 19.1 Å². The quantitative estimate of drug-likeness (QED) is 0.825. The third-order valence-electron chi connectivity index (χ3n) is 2.75. The van der Waals surface area contributed by atoms with E-state index in [0.29, 0.717) is 10.9 Å². The van der Waals surface area contributed by atoms with E-state index >= 15 is 0 Å². The Balaban J connectivity index is 1.88. The standard InChI is InChI=1S/C14H14N2O4S/c1-8-9(2)20-14(15-8)21-7-12(17)16-11-5-3-10(4-6-11)13(18)19/h3-6H,7H2,1-2H3,(H,16,17)(H,18,19). The average Bonchev–Trinajstić information content (AvgIpc) is 2.76. The number of amides is 1. The Kier molecular flexibility index (Phi) is 4.64. The van der Waals surface area contributed by atoms with Crippen LogP contribution in [0.1, 0.15) is 21.8 Å². The zero-order chi connectivity index (χ0) is 15.4. The van der Waals surface area contributed by atoms with Gasteiger partial charge in [0.1, 0.15) is 5.76 Å². The van der Waals surface area contributed by atoms with Gasteiger partial charge in [-0.1, -0.05) is 11.8 Å². The van der Waals surface area contributed by atoms with Crippen molar-refractivity contribution >= 4 is 29.3 Å². The first kappa shape index (κ1) is 15.1. The number of aryl methyl sites for hydroxylation is 2. The molecule has 0 saturated heterocycles. The molecule has 2 aromatic rings. The maximum absolute atomic E-state index is 11.8. The molecule has 2 N–H and O–H groups in total. The summed E-state index contributed by atoms with van der Waals surface area (Å²) < 4.78 is 5.36. The third kappa shape index (κ3) is 4.09. The number of nitrogens with zero attached hydrogens (tertiary/aromatic N) is 1. The summed E-state index contributed by atoms with van der Waals surface area (Å²) in [6.07, 6.45) is 0. The predicted octanol–water partition coefficient (Wildman–Crippen LogP) is 2.72. The first-order valence-corrected chi connectivity index (χ1v) is 7.14. The van der Waals surface area contributed by atoms with E-state index in [2.05, 4.69) is 10.3 Å². The van der Waals surface area contributed by atoms with E-state index in [1.807, 2.05) is 13.8 Å². The Morgan fingerprint density at radius 1 is 1.29 bits per heavy atom. The fraction of sp³-hybridized carbons (Fsp3) is 0.214. The maximum atomic E-state index is 11.8. The van der Waals surface area contributed by atoms with Gasteiger partial charge in [-0.2, -0.15) is 0 Å². The van der Waals surface area contributed by atoms with Crippen molar-refractivity contribution in [2.75, 3.05) is 11.1 Å². The van der Waals surface area contributed by atoms with Crippen LogP contribution in [0.25, 0.3) is 0 Å². The molecular formula is C14H14N2O4S. The van der Waals surface area contributed by atoms with E-state index in [9.17, 15) is 9.59 Å². The van der Waals surface area contributed by atoms with Crippen LogP contribution in [0.4, 0.5) is 5.69 Å². The summed E-state index contributed by atoms with van der Waals surface area (Å²) in [7, 11) is 0. The second kappa shape index (κ2) is 6.45. The number of thioether (sulfide) groups is 1. The molecule has 0 aliphatic rings. The van der Waals surface area contributed by atoms with Crippen LogP contribution in [0.5, 0.6) is 0 Å². The summed E-state index contributed by atoms with van der Waals surface area (Å²) in [6, 6.07) is 5.97. The number of hydrogen-bond acceptors (Lipinski definition) is 5. The molecule has 1 aromatic heterocycles. The van der Waals surface area contributed by atoms with Gasteiger partial charge in [-0.15, -0.1) is 0 Å². The molecule has 2 rings (SSSR count). The molecule has 0 atom stereocenters. The van der Waals surface area contributed by atoms with Crippen molar-refractivity contribution in [1.82, 2.24) is 4.98 Å². The van der Waals surface area contributed by atoms with Gasteiger partial charge >= 0.3 is 5.97 Å². The van der Waals surface area contributed by atoms with E-state index in [4.69, 9.17) is 9.52 Å². The zero-order valence-corrected chi connectivity index (χ0v) is 12.4. The minimum absolute atomic E-state index is 0.167. The lowest BCUT2D eigenvalue weighted by molar-refractivity contribution is -0.113. The van der Waals surface area contributed by atoms with Gasteiger partial charge in [-0.3, -0.25) is 4.79 Å². The van der Waals surface area contributed by atoms with Crippen LogP contribution in [0.3, 0.4) is 0 Å². The first-order chi connectivity index (χ1) is 9.95. The van der Waals surface area contributed by atoms with Gasteiger partial charge < -0.3 is 14.8 Å². The molecule has 1 aromatic carbocycles. The summed E-state index contributed by atoms with van der Waals surface area (Å²) in [5.74, 6) is -0.308. The highest BCUT2D eigenvalue weighted by atomic mass is 32.2. The number of anilines is 1.